The maximum atomic E-state index is 14.2. The number of carbonyl (C=O) groups excluding carboxylic acids is 1. The molecule has 1 N–H and O–H groups in total. The second-order valence-corrected chi connectivity index (χ2v) is 9.40. The number of hydrogen-bond acceptors (Lipinski definition) is 4. The summed E-state index contributed by atoms with van der Waals surface area (Å²) in [4.78, 5) is 26.0. The average Bonchev–Trinajstić information content (AvgIpc) is 2.91. The molecule has 5 aromatic rings. The van der Waals surface area contributed by atoms with Crippen molar-refractivity contribution in [3.05, 3.63) is 106 Å². The van der Waals surface area contributed by atoms with Gasteiger partial charge in [-0.15, -0.1) is 0 Å². The van der Waals surface area contributed by atoms with Crippen molar-refractivity contribution in [2.75, 3.05) is 11.9 Å². The zero-order valence-electron chi connectivity index (χ0n) is 21.1. The Bertz CT molecular complexity index is 1750. The van der Waals surface area contributed by atoms with Gasteiger partial charge in [-0.2, -0.15) is 13.2 Å². The number of fused-ring (bicyclic) bond motifs is 2. The van der Waals surface area contributed by atoms with Crippen LogP contribution in [0.15, 0.2) is 94.1 Å². The molecule has 0 bridgehead atoms. The van der Waals surface area contributed by atoms with Crippen LogP contribution < -0.4 is 15.5 Å². The molecule has 4 aromatic carbocycles. The normalized spacial score (nSPS) is 11.7. The van der Waals surface area contributed by atoms with Gasteiger partial charge in [-0.25, -0.2) is 0 Å². The second-order valence-electron chi connectivity index (χ2n) is 9.40. The molecule has 5 nitrogen and oxygen atoms in total. The van der Waals surface area contributed by atoms with E-state index in [0.29, 0.717) is 16.5 Å². The number of benzene rings is 4. The van der Waals surface area contributed by atoms with Gasteiger partial charge in [0, 0.05) is 11.8 Å². The van der Waals surface area contributed by atoms with E-state index in [1.165, 1.54) is 24.3 Å². The highest BCUT2D eigenvalue weighted by molar-refractivity contribution is 5.99. The topological polar surface area (TPSA) is 68.5 Å². The molecule has 39 heavy (non-hydrogen) atoms. The van der Waals surface area contributed by atoms with Crippen molar-refractivity contribution in [3.8, 4) is 16.9 Å². The summed E-state index contributed by atoms with van der Waals surface area (Å²) in [5.41, 5.74) is 0.0914. The molecule has 1 aromatic heterocycles. The lowest BCUT2D eigenvalue weighted by Gasteiger charge is -2.15. The minimum Gasteiger partial charge on any atom is -0.484 e. The third-order valence-corrected chi connectivity index (χ3v) is 6.41. The Morgan fingerprint density at radius 1 is 0.923 bits per heavy atom. The van der Waals surface area contributed by atoms with Crippen molar-refractivity contribution in [1.82, 2.24) is 0 Å². The van der Waals surface area contributed by atoms with Crippen LogP contribution in [-0.2, 0) is 11.0 Å². The first-order valence-electron chi connectivity index (χ1n) is 12.3. The zero-order chi connectivity index (χ0) is 27.7. The van der Waals surface area contributed by atoms with Gasteiger partial charge in [0.25, 0.3) is 5.91 Å². The van der Waals surface area contributed by atoms with Gasteiger partial charge in [-0.3, -0.25) is 9.59 Å². The van der Waals surface area contributed by atoms with Gasteiger partial charge in [0.15, 0.2) is 6.61 Å². The predicted molar refractivity (Wildman–Crippen MR) is 145 cm³/mol. The van der Waals surface area contributed by atoms with Crippen LogP contribution in [0.3, 0.4) is 0 Å². The standard InChI is InChI=1S/C31H24F3NO4/c1-18(2)21-10-5-6-13-25(21)35-27(36)17-38-20-14-15-24-26(16-20)39-30(31(32,33)34)28(29(24)37)23-12-7-9-19-8-3-4-11-22(19)23/h3-16,18H,17H2,1-2H3,(H,35,36). The van der Waals surface area contributed by atoms with Gasteiger partial charge in [-0.1, -0.05) is 74.5 Å². The minimum absolute atomic E-state index is 0.0337. The molecule has 0 atom stereocenters. The number of alkyl halides is 3. The van der Waals surface area contributed by atoms with Gasteiger partial charge in [0.05, 0.1) is 10.9 Å². The molecule has 0 unspecified atom stereocenters. The van der Waals surface area contributed by atoms with Gasteiger partial charge in [0.1, 0.15) is 11.3 Å². The number of halogens is 3. The van der Waals surface area contributed by atoms with Crippen LogP contribution in [0.2, 0.25) is 0 Å². The molecular weight excluding hydrogens is 507 g/mol. The van der Waals surface area contributed by atoms with Gasteiger partial charge in [0.2, 0.25) is 11.2 Å². The number of amides is 1. The van der Waals surface area contributed by atoms with Crippen molar-refractivity contribution >= 4 is 33.3 Å². The third-order valence-electron chi connectivity index (χ3n) is 6.41. The van der Waals surface area contributed by atoms with Crippen molar-refractivity contribution < 1.29 is 27.1 Å². The minimum atomic E-state index is -4.93. The molecule has 1 amide bonds. The SMILES string of the molecule is CC(C)c1ccccc1NC(=O)COc1ccc2c(=O)c(-c3cccc4ccccc34)c(C(F)(F)F)oc2c1. The monoisotopic (exact) mass is 531 g/mol. The highest BCUT2D eigenvalue weighted by Crippen LogP contribution is 2.39. The van der Waals surface area contributed by atoms with Crippen LogP contribution in [0.25, 0.3) is 32.9 Å². The van der Waals surface area contributed by atoms with Crippen LogP contribution >= 0.6 is 0 Å². The number of para-hydroxylation sites is 1. The highest BCUT2D eigenvalue weighted by atomic mass is 19.4. The largest absolute Gasteiger partial charge is 0.484 e. The van der Waals surface area contributed by atoms with Gasteiger partial charge < -0.3 is 14.5 Å². The first-order valence-corrected chi connectivity index (χ1v) is 12.3. The number of carbonyl (C=O) groups is 1. The van der Waals surface area contributed by atoms with Crippen molar-refractivity contribution in [2.24, 2.45) is 0 Å². The molecule has 5 rings (SSSR count). The summed E-state index contributed by atoms with van der Waals surface area (Å²) in [6.07, 6.45) is -4.93. The number of rotatable bonds is 6. The molecule has 0 spiro atoms. The van der Waals surface area contributed by atoms with E-state index in [1.54, 1.807) is 48.5 Å². The summed E-state index contributed by atoms with van der Waals surface area (Å²) in [6.45, 7) is 3.62. The lowest BCUT2D eigenvalue weighted by atomic mass is 9.96. The third kappa shape index (κ3) is 5.23. The number of nitrogens with one attached hydrogen (secondary N) is 1. The molecule has 0 aliphatic heterocycles. The van der Waals surface area contributed by atoms with Crippen LogP contribution in [-0.4, -0.2) is 12.5 Å². The van der Waals surface area contributed by atoms with E-state index in [9.17, 15) is 22.8 Å². The summed E-state index contributed by atoms with van der Waals surface area (Å²) in [6, 6.07) is 23.1. The van der Waals surface area contributed by atoms with E-state index in [2.05, 4.69) is 5.32 Å². The Hall–Kier alpha value is -4.59. The lowest BCUT2D eigenvalue weighted by Crippen LogP contribution is -2.21. The van der Waals surface area contributed by atoms with E-state index < -0.39 is 28.8 Å². The predicted octanol–water partition coefficient (Wildman–Crippen LogP) is 7.77. The van der Waals surface area contributed by atoms with E-state index in [-0.39, 0.29) is 34.8 Å². The maximum Gasteiger partial charge on any atom is 0.450 e. The summed E-state index contributed by atoms with van der Waals surface area (Å²) in [5, 5.41) is 3.95. The van der Waals surface area contributed by atoms with Crippen molar-refractivity contribution in [1.29, 1.82) is 0 Å². The number of hydrogen-bond donors (Lipinski definition) is 1. The first kappa shape index (κ1) is 26.0. The first-order chi connectivity index (χ1) is 18.6. The fraction of sp³-hybridized carbons (Fsp3) is 0.161. The number of ether oxygens (including phenoxy) is 1. The Kier molecular flexibility index (Phi) is 6.87. The van der Waals surface area contributed by atoms with Crippen molar-refractivity contribution in [2.45, 2.75) is 25.9 Å². The highest BCUT2D eigenvalue weighted by Gasteiger charge is 2.39. The second kappa shape index (κ2) is 10.3. The van der Waals surface area contributed by atoms with Gasteiger partial charge in [-0.05, 0) is 46.0 Å². The van der Waals surface area contributed by atoms with Crippen LogP contribution in [0, 0.1) is 0 Å². The van der Waals surface area contributed by atoms with Crippen molar-refractivity contribution in [3.63, 3.8) is 0 Å². The molecule has 0 radical (unpaired) electrons. The Morgan fingerprint density at radius 3 is 2.41 bits per heavy atom. The number of anilines is 1. The Balaban J connectivity index is 1.49. The molecule has 0 aliphatic carbocycles. The average molecular weight is 532 g/mol. The smallest absolute Gasteiger partial charge is 0.450 e. The summed E-state index contributed by atoms with van der Waals surface area (Å²) in [5.74, 6) is -1.56. The quantitative estimate of drug-likeness (QED) is 0.243. The lowest BCUT2D eigenvalue weighted by molar-refractivity contribution is -0.152. The fourth-order valence-corrected chi connectivity index (χ4v) is 4.60. The van der Waals surface area contributed by atoms with Crippen LogP contribution in [0.1, 0.15) is 31.1 Å². The summed E-state index contributed by atoms with van der Waals surface area (Å²) < 4.78 is 53.4. The molecule has 0 saturated heterocycles. The fourth-order valence-electron chi connectivity index (χ4n) is 4.60. The van der Waals surface area contributed by atoms with Crippen LogP contribution in [0.4, 0.5) is 18.9 Å². The maximum absolute atomic E-state index is 14.2. The molecular formula is C31H24F3NO4. The molecule has 0 fully saturated rings. The van der Waals surface area contributed by atoms with E-state index >= 15 is 0 Å². The Morgan fingerprint density at radius 2 is 1.64 bits per heavy atom. The summed E-state index contributed by atoms with van der Waals surface area (Å²) >= 11 is 0. The molecule has 0 saturated carbocycles. The van der Waals surface area contributed by atoms with E-state index in [1.807, 2.05) is 26.0 Å². The van der Waals surface area contributed by atoms with E-state index in [0.717, 1.165) is 5.56 Å². The molecule has 0 aliphatic rings. The van der Waals surface area contributed by atoms with E-state index in [4.69, 9.17) is 9.15 Å². The van der Waals surface area contributed by atoms with Crippen LogP contribution in [0.5, 0.6) is 5.75 Å². The molecule has 198 valence electrons. The molecule has 1 heterocycles. The Labute approximate surface area is 221 Å². The summed E-state index contributed by atoms with van der Waals surface area (Å²) in [7, 11) is 0. The zero-order valence-corrected chi connectivity index (χ0v) is 21.1. The molecule has 8 heteroatoms. The van der Waals surface area contributed by atoms with Gasteiger partial charge >= 0.3 is 6.18 Å².